The molecule has 0 amide bonds. The quantitative estimate of drug-likeness (QED) is 0.712. The average molecular weight is 310 g/mol. The van der Waals surface area contributed by atoms with Crippen LogP contribution in [0.2, 0.25) is 0 Å². The molecule has 0 unspecified atom stereocenters. The number of fused-ring (bicyclic) bond motifs is 1. The highest BCUT2D eigenvalue weighted by Gasteiger charge is 2.11. The number of carbonyl (C=O) groups excluding carboxylic acids is 1. The van der Waals surface area contributed by atoms with Crippen molar-refractivity contribution < 1.29 is 14.7 Å². The number of nitrogens with one attached hydrogen (secondary N) is 1. The Labute approximate surface area is 134 Å². The Hall–Kier alpha value is -2.95. The molecule has 0 aliphatic carbocycles. The maximum absolute atomic E-state index is 11.5. The molecular weight excluding hydrogens is 292 g/mol. The molecule has 3 rings (SSSR count). The number of carboxylic acids is 1. The van der Waals surface area contributed by atoms with Crippen LogP contribution in [-0.2, 0) is 0 Å². The standard InChI is InChI=1S/C16H12N2O3.C2H6/c1-9(19)14-6-12-13(7-17-8-15(12)18-14)10-2-4-11(5-3-10)16(20)21;1-2/h2-8,18H,1H3,(H,20,21);1-2H3. The first-order valence-electron chi connectivity index (χ1n) is 7.37. The summed E-state index contributed by atoms with van der Waals surface area (Å²) in [5, 5.41) is 9.81. The maximum Gasteiger partial charge on any atom is 0.335 e. The molecule has 0 aliphatic heterocycles. The van der Waals surface area contributed by atoms with E-state index in [1.165, 1.54) is 6.92 Å². The van der Waals surface area contributed by atoms with Crippen LogP contribution in [0.4, 0.5) is 0 Å². The summed E-state index contributed by atoms with van der Waals surface area (Å²) in [6, 6.07) is 8.37. The molecule has 5 heteroatoms. The molecule has 0 radical (unpaired) electrons. The number of H-pyrrole nitrogens is 1. The van der Waals surface area contributed by atoms with E-state index in [-0.39, 0.29) is 11.3 Å². The van der Waals surface area contributed by atoms with Gasteiger partial charge in [0.05, 0.1) is 23.0 Å². The SMILES string of the molecule is CC.CC(=O)c1cc2c(-c3ccc(C(=O)O)cc3)cncc2[nH]1. The second-order valence-corrected chi connectivity index (χ2v) is 4.77. The molecule has 3 aromatic rings. The molecular formula is C18H18N2O3. The second-order valence-electron chi connectivity index (χ2n) is 4.77. The minimum absolute atomic E-state index is 0.0432. The minimum atomic E-state index is -0.960. The van der Waals surface area contributed by atoms with E-state index in [4.69, 9.17) is 5.11 Å². The molecule has 0 bridgehead atoms. The van der Waals surface area contributed by atoms with Gasteiger partial charge in [0.2, 0.25) is 0 Å². The third kappa shape index (κ3) is 3.29. The zero-order valence-corrected chi connectivity index (χ0v) is 13.3. The highest BCUT2D eigenvalue weighted by Crippen LogP contribution is 2.28. The molecule has 0 fully saturated rings. The minimum Gasteiger partial charge on any atom is -0.478 e. The highest BCUT2D eigenvalue weighted by molar-refractivity contribution is 6.02. The Morgan fingerprint density at radius 1 is 1.09 bits per heavy atom. The van der Waals surface area contributed by atoms with E-state index < -0.39 is 5.97 Å². The topological polar surface area (TPSA) is 83.1 Å². The number of hydrogen-bond acceptors (Lipinski definition) is 3. The summed E-state index contributed by atoms with van der Waals surface area (Å²) in [6.07, 6.45) is 3.37. The first-order chi connectivity index (χ1) is 11.1. The number of aromatic nitrogens is 2. The third-order valence-electron chi connectivity index (χ3n) is 3.37. The van der Waals surface area contributed by atoms with Gasteiger partial charge in [-0.15, -0.1) is 0 Å². The fourth-order valence-electron chi connectivity index (χ4n) is 2.26. The summed E-state index contributed by atoms with van der Waals surface area (Å²) in [5.41, 5.74) is 3.25. The molecule has 5 nitrogen and oxygen atoms in total. The van der Waals surface area contributed by atoms with Crippen LogP contribution in [0.15, 0.2) is 42.7 Å². The summed E-state index contributed by atoms with van der Waals surface area (Å²) in [6.45, 7) is 5.50. The van der Waals surface area contributed by atoms with Gasteiger partial charge in [0.25, 0.3) is 0 Å². The van der Waals surface area contributed by atoms with Crippen molar-refractivity contribution in [1.29, 1.82) is 0 Å². The summed E-state index contributed by atoms with van der Waals surface area (Å²) in [7, 11) is 0. The molecule has 118 valence electrons. The van der Waals surface area contributed by atoms with Gasteiger partial charge >= 0.3 is 5.97 Å². The average Bonchev–Trinajstić information content (AvgIpc) is 3.01. The molecule has 1 aromatic carbocycles. The van der Waals surface area contributed by atoms with E-state index >= 15 is 0 Å². The van der Waals surface area contributed by atoms with E-state index in [1.807, 2.05) is 13.8 Å². The Balaban J connectivity index is 0.000000924. The molecule has 2 N–H and O–H groups in total. The number of carboxylic acid groups (broad SMARTS) is 1. The lowest BCUT2D eigenvalue weighted by atomic mass is 10.0. The first-order valence-corrected chi connectivity index (χ1v) is 7.37. The normalized spacial score (nSPS) is 10.0. The van der Waals surface area contributed by atoms with Gasteiger partial charge in [0.1, 0.15) is 0 Å². The summed E-state index contributed by atoms with van der Waals surface area (Å²) in [4.78, 5) is 29.5. The van der Waals surface area contributed by atoms with E-state index in [9.17, 15) is 9.59 Å². The number of aromatic amines is 1. The molecule has 0 saturated carbocycles. The molecule has 0 saturated heterocycles. The molecule has 23 heavy (non-hydrogen) atoms. The van der Waals surface area contributed by atoms with E-state index in [0.29, 0.717) is 5.69 Å². The Bertz CT molecular complexity index is 848. The van der Waals surface area contributed by atoms with Gasteiger partial charge in [-0.25, -0.2) is 4.79 Å². The van der Waals surface area contributed by atoms with Crippen LogP contribution in [0, 0.1) is 0 Å². The van der Waals surface area contributed by atoms with Crippen LogP contribution in [0.25, 0.3) is 22.0 Å². The van der Waals surface area contributed by atoms with Crippen LogP contribution in [0.5, 0.6) is 0 Å². The number of benzene rings is 1. The number of Topliss-reactive ketones (excluding diaryl/α,β-unsaturated/α-hetero) is 1. The number of nitrogens with zero attached hydrogens (tertiary/aromatic N) is 1. The van der Waals surface area contributed by atoms with Crippen molar-refractivity contribution in [3.8, 4) is 11.1 Å². The smallest absolute Gasteiger partial charge is 0.335 e. The largest absolute Gasteiger partial charge is 0.478 e. The number of pyridine rings is 1. The van der Waals surface area contributed by atoms with Gasteiger partial charge in [-0.2, -0.15) is 0 Å². The van der Waals surface area contributed by atoms with Crippen molar-refractivity contribution in [1.82, 2.24) is 9.97 Å². The number of carbonyl (C=O) groups is 2. The third-order valence-corrected chi connectivity index (χ3v) is 3.37. The van der Waals surface area contributed by atoms with Crippen LogP contribution < -0.4 is 0 Å². The number of aromatic carboxylic acids is 1. The van der Waals surface area contributed by atoms with Gasteiger partial charge in [-0.1, -0.05) is 26.0 Å². The lowest BCUT2D eigenvalue weighted by molar-refractivity contribution is 0.0696. The van der Waals surface area contributed by atoms with Gasteiger partial charge in [0, 0.05) is 24.1 Å². The Kier molecular flexibility index (Phi) is 4.91. The van der Waals surface area contributed by atoms with Crippen LogP contribution in [0.1, 0.15) is 41.6 Å². The van der Waals surface area contributed by atoms with Crippen LogP contribution >= 0.6 is 0 Å². The van der Waals surface area contributed by atoms with E-state index in [0.717, 1.165) is 22.0 Å². The molecule has 2 heterocycles. The first kappa shape index (κ1) is 16.4. The monoisotopic (exact) mass is 310 g/mol. The van der Waals surface area contributed by atoms with Crippen molar-refractivity contribution in [3.63, 3.8) is 0 Å². The van der Waals surface area contributed by atoms with E-state index in [2.05, 4.69) is 9.97 Å². The van der Waals surface area contributed by atoms with Crippen LogP contribution in [-0.4, -0.2) is 26.8 Å². The highest BCUT2D eigenvalue weighted by atomic mass is 16.4. The van der Waals surface area contributed by atoms with Crippen molar-refractivity contribution >= 4 is 22.7 Å². The molecule has 0 spiro atoms. The van der Waals surface area contributed by atoms with Gasteiger partial charge in [-0.05, 0) is 23.8 Å². The zero-order valence-electron chi connectivity index (χ0n) is 13.3. The van der Waals surface area contributed by atoms with Crippen molar-refractivity contribution in [2.24, 2.45) is 0 Å². The predicted molar refractivity (Wildman–Crippen MR) is 89.8 cm³/mol. The van der Waals surface area contributed by atoms with Crippen molar-refractivity contribution in [2.45, 2.75) is 20.8 Å². The zero-order chi connectivity index (χ0) is 17.0. The summed E-state index contributed by atoms with van der Waals surface area (Å²) < 4.78 is 0. The summed E-state index contributed by atoms with van der Waals surface area (Å²) >= 11 is 0. The number of rotatable bonds is 3. The molecule has 0 aliphatic rings. The van der Waals surface area contributed by atoms with Gasteiger partial charge in [0.15, 0.2) is 5.78 Å². The van der Waals surface area contributed by atoms with Gasteiger partial charge in [-0.3, -0.25) is 9.78 Å². The number of hydrogen-bond donors (Lipinski definition) is 2. The fourth-order valence-corrected chi connectivity index (χ4v) is 2.26. The lowest BCUT2D eigenvalue weighted by Crippen LogP contribution is -1.95. The second kappa shape index (κ2) is 6.87. The molecule has 2 aromatic heterocycles. The summed E-state index contributed by atoms with van der Waals surface area (Å²) in [5.74, 6) is -1.00. The van der Waals surface area contributed by atoms with E-state index in [1.54, 1.807) is 42.7 Å². The fraction of sp³-hybridized carbons (Fsp3) is 0.167. The predicted octanol–water partition coefficient (Wildman–Crippen LogP) is 4.16. The van der Waals surface area contributed by atoms with Crippen LogP contribution in [0.3, 0.4) is 0 Å². The van der Waals surface area contributed by atoms with Crippen molar-refractivity contribution in [3.05, 3.63) is 54.0 Å². The molecule has 0 atom stereocenters. The lowest BCUT2D eigenvalue weighted by Gasteiger charge is -2.03. The van der Waals surface area contributed by atoms with Crippen molar-refractivity contribution in [2.75, 3.05) is 0 Å². The maximum atomic E-state index is 11.5. The Morgan fingerprint density at radius 3 is 2.30 bits per heavy atom. The number of ketones is 1. The van der Waals surface area contributed by atoms with Gasteiger partial charge < -0.3 is 10.1 Å². The Morgan fingerprint density at radius 2 is 1.74 bits per heavy atom.